The number of halogens is 1. The fourth-order valence-corrected chi connectivity index (χ4v) is 0.897. The van der Waals surface area contributed by atoms with Gasteiger partial charge in [0.2, 0.25) is 6.41 Å². The zero-order valence-electron chi connectivity index (χ0n) is 15.3. The number of hydrogen-bond acceptors (Lipinski definition) is 3. The highest BCUT2D eigenvalue weighted by Crippen LogP contribution is 1.96. The number of amides is 1. The van der Waals surface area contributed by atoms with Crippen LogP contribution >= 0.6 is 11.6 Å². The van der Waals surface area contributed by atoms with Gasteiger partial charge in [0.25, 0.3) is 0 Å². The van der Waals surface area contributed by atoms with E-state index in [-0.39, 0.29) is 0 Å². The fraction of sp³-hybridized carbons (Fsp3) is 0.368. The molecule has 0 unspecified atom stereocenters. The fourth-order valence-electron chi connectivity index (χ4n) is 0.824. The van der Waals surface area contributed by atoms with Gasteiger partial charge >= 0.3 is 0 Å². The molecule has 0 saturated heterocycles. The Labute approximate surface area is 153 Å². The lowest BCUT2D eigenvalue weighted by Gasteiger charge is -1.78. The van der Waals surface area contributed by atoms with Crippen molar-refractivity contribution in [3.8, 4) is 12.8 Å². The number of terminal acetylenes is 1. The van der Waals surface area contributed by atoms with E-state index < -0.39 is 0 Å². The van der Waals surface area contributed by atoms with Gasteiger partial charge in [0.15, 0.2) is 0 Å². The van der Waals surface area contributed by atoms with E-state index in [2.05, 4.69) is 49.2 Å². The molecule has 0 aliphatic rings. The Morgan fingerprint density at radius 2 is 1.67 bits per heavy atom. The van der Waals surface area contributed by atoms with Crippen molar-refractivity contribution >= 4 is 24.3 Å². The van der Waals surface area contributed by atoms with E-state index in [0.29, 0.717) is 13.0 Å². The molecular formula is C19H32ClN3O. The van der Waals surface area contributed by atoms with Crippen LogP contribution in [0, 0.1) is 12.8 Å². The molecule has 24 heavy (non-hydrogen) atoms. The first kappa shape index (κ1) is 29.7. The second-order valence-corrected chi connectivity index (χ2v) is 4.32. The lowest BCUT2D eigenvalue weighted by atomic mass is 10.4. The number of allylic oxidation sites excluding steroid dienone is 7. The molecule has 0 aliphatic carbocycles. The minimum absolute atomic E-state index is 0.582. The average molecular weight is 354 g/mol. The summed E-state index contributed by atoms with van der Waals surface area (Å²) in [6.45, 7) is 8.71. The van der Waals surface area contributed by atoms with Crippen LogP contribution in [0.4, 0.5) is 0 Å². The predicted octanol–water partition coefficient (Wildman–Crippen LogP) is 4.55. The molecule has 0 aliphatic heterocycles. The molecule has 0 aromatic heterocycles. The number of carbonyl (C=O) groups excluding carboxylic acids is 1. The highest BCUT2D eigenvalue weighted by atomic mass is 35.5. The number of nitrogens with one attached hydrogen (secondary N) is 1. The van der Waals surface area contributed by atoms with Crippen LogP contribution in [-0.4, -0.2) is 19.3 Å². The predicted molar refractivity (Wildman–Crippen MR) is 110 cm³/mol. The van der Waals surface area contributed by atoms with Crippen molar-refractivity contribution in [3.05, 3.63) is 47.7 Å². The molecule has 0 fully saturated rings. The Balaban J connectivity index is -0.000000121. The van der Waals surface area contributed by atoms with Gasteiger partial charge in [-0.05, 0) is 45.0 Å². The molecule has 0 saturated carbocycles. The number of rotatable bonds is 7. The van der Waals surface area contributed by atoms with Crippen LogP contribution in [0.3, 0.4) is 0 Å². The highest BCUT2D eigenvalue weighted by Gasteiger charge is 1.70. The summed E-state index contributed by atoms with van der Waals surface area (Å²) in [7, 11) is 0. The second-order valence-electron chi connectivity index (χ2n) is 3.72. The van der Waals surface area contributed by atoms with Gasteiger partial charge in [-0.1, -0.05) is 49.8 Å². The quantitative estimate of drug-likeness (QED) is 0.176. The van der Waals surface area contributed by atoms with E-state index in [1.807, 2.05) is 26.0 Å². The SMILES string of the molecule is C#C.C/C(Cl)=C/C=C/C=C/N.CC/C=C/CC.CCN=CNC=O. The molecule has 0 rings (SSSR count). The third kappa shape index (κ3) is 60.1. The van der Waals surface area contributed by atoms with Crippen molar-refractivity contribution in [1.82, 2.24) is 5.32 Å². The van der Waals surface area contributed by atoms with E-state index in [0.717, 1.165) is 5.03 Å². The Morgan fingerprint density at radius 1 is 1.12 bits per heavy atom. The second kappa shape index (κ2) is 37.2. The third-order valence-electron chi connectivity index (χ3n) is 1.71. The van der Waals surface area contributed by atoms with Crippen molar-refractivity contribution in [2.24, 2.45) is 10.7 Å². The highest BCUT2D eigenvalue weighted by molar-refractivity contribution is 6.29. The Kier molecular flexibility index (Phi) is 46.1. The van der Waals surface area contributed by atoms with Crippen LogP contribution < -0.4 is 11.1 Å². The maximum Gasteiger partial charge on any atom is 0.212 e. The monoisotopic (exact) mass is 353 g/mol. The molecule has 0 aromatic carbocycles. The lowest BCUT2D eigenvalue weighted by Crippen LogP contribution is -2.06. The molecule has 1 amide bonds. The van der Waals surface area contributed by atoms with Gasteiger partial charge < -0.3 is 11.1 Å². The number of nitrogens with two attached hydrogens (primary N) is 1. The topological polar surface area (TPSA) is 67.5 Å². The largest absolute Gasteiger partial charge is 0.405 e. The first-order valence-electron chi connectivity index (χ1n) is 7.64. The van der Waals surface area contributed by atoms with Crippen molar-refractivity contribution in [3.63, 3.8) is 0 Å². The zero-order valence-corrected chi connectivity index (χ0v) is 16.0. The smallest absolute Gasteiger partial charge is 0.212 e. The van der Waals surface area contributed by atoms with E-state index in [4.69, 9.17) is 17.3 Å². The lowest BCUT2D eigenvalue weighted by molar-refractivity contribution is -0.108. The standard InChI is InChI=1S/C7H10ClN.C6H12.C4H8N2O.C2H2/c1-7(8)5-3-2-4-6-9;1-3-5-6-4-2;1-2-5-3-6-4-7;1-2/h2-6H,9H2,1H3;5-6H,3-4H2,1-2H3;3-4H,2H2,1H3,(H,5,6,7);1-2H/b3-2+,6-4+,7-5-;6-5+;;. The molecule has 0 atom stereocenters. The Hall–Kier alpha value is -2.25. The number of hydrogen-bond donors (Lipinski definition) is 2. The van der Waals surface area contributed by atoms with Gasteiger partial charge in [-0.2, -0.15) is 0 Å². The van der Waals surface area contributed by atoms with Crippen LogP contribution in [0.25, 0.3) is 0 Å². The first-order valence-corrected chi connectivity index (χ1v) is 8.01. The maximum atomic E-state index is 9.48. The van der Waals surface area contributed by atoms with Gasteiger partial charge in [-0.25, -0.2) is 0 Å². The van der Waals surface area contributed by atoms with Crippen LogP contribution in [-0.2, 0) is 4.79 Å². The Morgan fingerprint density at radius 3 is 2.00 bits per heavy atom. The van der Waals surface area contributed by atoms with E-state index in [1.54, 1.807) is 12.2 Å². The summed E-state index contributed by atoms with van der Waals surface area (Å²) in [4.78, 5) is 13.2. The van der Waals surface area contributed by atoms with E-state index in [1.165, 1.54) is 25.4 Å². The molecule has 0 spiro atoms. The Bertz CT molecular complexity index is 385. The molecule has 0 aromatic rings. The van der Waals surface area contributed by atoms with Crippen molar-refractivity contribution in [1.29, 1.82) is 0 Å². The van der Waals surface area contributed by atoms with Crippen LogP contribution in [0.1, 0.15) is 40.5 Å². The molecular weight excluding hydrogens is 322 g/mol. The summed E-state index contributed by atoms with van der Waals surface area (Å²) in [5.41, 5.74) is 5.06. The van der Waals surface area contributed by atoms with Gasteiger partial charge in [-0.15, -0.1) is 12.8 Å². The third-order valence-corrected chi connectivity index (χ3v) is 1.84. The van der Waals surface area contributed by atoms with Crippen molar-refractivity contribution in [2.75, 3.05) is 6.54 Å². The minimum Gasteiger partial charge on any atom is -0.405 e. The summed E-state index contributed by atoms with van der Waals surface area (Å²) < 4.78 is 0. The number of carbonyl (C=O) groups is 1. The minimum atomic E-state index is 0.582. The van der Waals surface area contributed by atoms with Gasteiger partial charge in [0.05, 0.1) is 6.34 Å². The molecule has 0 radical (unpaired) electrons. The van der Waals surface area contributed by atoms with Crippen molar-refractivity contribution in [2.45, 2.75) is 40.5 Å². The number of aliphatic imine (C=N–C) groups is 1. The normalized spacial score (nSPS) is 10.5. The van der Waals surface area contributed by atoms with E-state index in [9.17, 15) is 4.79 Å². The maximum absolute atomic E-state index is 9.48. The van der Waals surface area contributed by atoms with Crippen LogP contribution in [0.5, 0.6) is 0 Å². The molecule has 4 nitrogen and oxygen atoms in total. The van der Waals surface area contributed by atoms with Gasteiger partial charge in [-0.3, -0.25) is 9.79 Å². The van der Waals surface area contributed by atoms with Crippen LogP contribution in [0.15, 0.2) is 52.7 Å². The molecule has 136 valence electrons. The van der Waals surface area contributed by atoms with Gasteiger partial charge in [0, 0.05) is 11.6 Å². The summed E-state index contributed by atoms with van der Waals surface area (Å²) in [5.74, 6) is 0. The summed E-state index contributed by atoms with van der Waals surface area (Å²) in [5, 5.41) is 3.04. The number of nitrogens with zero attached hydrogens (tertiary/aromatic N) is 1. The molecule has 0 heterocycles. The summed E-state index contributed by atoms with van der Waals surface area (Å²) in [6, 6.07) is 0. The first-order chi connectivity index (χ1) is 11.6. The van der Waals surface area contributed by atoms with Gasteiger partial charge in [0.1, 0.15) is 0 Å². The van der Waals surface area contributed by atoms with Crippen molar-refractivity contribution < 1.29 is 4.79 Å². The average Bonchev–Trinajstić information content (AvgIpc) is 2.60. The molecule has 0 bridgehead atoms. The molecule has 3 N–H and O–H groups in total. The summed E-state index contributed by atoms with van der Waals surface area (Å²) in [6.07, 6.45) is 25.3. The summed E-state index contributed by atoms with van der Waals surface area (Å²) >= 11 is 5.51. The zero-order chi connectivity index (χ0) is 19.5. The molecule has 5 heteroatoms. The van der Waals surface area contributed by atoms with Crippen LogP contribution in [0.2, 0.25) is 0 Å². The van der Waals surface area contributed by atoms with E-state index >= 15 is 0 Å².